The summed E-state index contributed by atoms with van der Waals surface area (Å²) >= 11 is 7.34. The number of hydrogen-bond acceptors (Lipinski definition) is 5. The molecule has 1 aliphatic heterocycles. The number of nitrogens with zero attached hydrogens (tertiary/aromatic N) is 2. The summed E-state index contributed by atoms with van der Waals surface area (Å²) in [5.74, 6) is -0.436. The van der Waals surface area contributed by atoms with Crippen molar-refractivity contribution in [2.24, 2.45) is 0 Å². The van der Waals surface area contributed by atoms with Gasteiger partial charge in [-0.25, -0.2) is 9.78 Å². The number of halogens is 1. The minimum Gasteiger partial charge on any atom is -0.465 e. The summed E-state index contributed by atoms with van der Waals surface area (Å²) < 4.78 is 4.73. The van der Waals surface area contributed by atoms with Gasteiger partial charge in [-0.2, -0.15) is 0 Å². The van der Waals surface area contributed by atoms with Gasteiger partial charge < -0.3 is 9.64 Å². The van der Waals surface area contributed by atoms with E-state index in [4.69, 9.17) is 16.3 Å². The van der Waals surface area contributed by atoms with E-state index >= 15 is 0 Å². The first-order valence-electron chi connectivity index (χ1n) is 6.71. The number of carbonyl (C=O) groups excluding carboxylic acids is 1. The maximum absolute atomic E-state index is 11.7. The van der Waals surface area contributed by atoms with Gasteiger partial charge >= 0.3 is 5.97 Å². The summed E-state index contributed by atoms with van der Waals surface area (Å²) in [4.78, 5) is 18.5. The minimum atomic E-state index is -0.436. The summed E-state index contributed by atoms with van der Waals surface area (Å²) in [5, 5.41) is 0.982. The van der Waals surface area contributed by atoms with Crippen LogP contribution in [0.5, 0.6) is 0 Å². The van der Waals surface area contributed by atoms with Gasteiger partial charge in [0.15, 0.2) is 15.2 Å². The van der Waals surface area contributed by atoms with Crippen molar-refractivity contribution < 1.29 is 9.53 Å². The average molecular weight is 323 g/mol. The monoisotopic (exact) mass is 322 g/mol. The molecule has 1 unspecified atom stereocenters. The van der Waals surface area contributed by atoms with Crippen LogP contribution in [0.3, 0.4) is 0 Å². The number of thiazole rings is 1. The van der Waals surface area contributed by atoms with Gasteiger partial charge in [0.05, 0.1) is 13.2 Å². The Morgan fingerprint density at radius 1 is 1.48 bits per heavy atom. The van der Waals surface area contributed by atoms with E-state index in [0.29, 0.717) is 4.88 Å². The lowest BCUT2D eigenvalue weighted by atomic mass is 9.94. The highest BCUT2D eigenvalue weighted by Crippen LogP contribution is 2.37. The van der Waals surface area contributed by atoms with Gasteiger partial charge in [-0.3, -0.25) is 0 Å². The molecule has 110 valence electrons. The first-order chi connectivity index (χ1) is 10.1. The lowest BCUT2D eigenvalue weighted by Crippen LogP contribution is -2.33. The molecule has 0 saturated carbocycles. The van der Waals surface area contributed by atoms with Crippen LogP contribution in [0.25, 0.3) is 0 Å². The summed E-state index contributed by atoms with van der Waals surface area (Å²) in [7, 11) is 1.35. The first kappa shape index (κ1) is 14.4. The van der Waals surface area contributed by atoms with Crippen LogP contribution < -0.4 is 4.90 Å². The molecule has 1 aromatic carbocycles. The van der Waals surface area contributed by atoms with Crippen LogP contribution in [0.2, 0.25) is 5.15 Å². The smallest absolute Gasteiger partial charge is 0.351 e. The Morgan fingerprint density at radius 2 is 2.24 bits per heavy atom. The molecule has 4 nitrogen and oxygen atoms in total. The standard InChI is InChI=1S/C15H15ClN2O2S/c1-9-11-6-4-3-5-10(11)7-8-18(9)15-17-13(16)12(21-15)14(19)20-2/h3-6,9H,7-8H2,1-2H3. The summed E-state index contributed by atoms with van der Waals surface area (Å²) in [6, 6.07) is 8.63. The normalized spacial score (nSPS) is 17.5. The van der Waals surface area contributed by atoms with Crippen molar-refractivity contribution in [3.63, 3.8) is 0 Å². The van der Waals surface area contributed by atoms with Crippen molar-refractivity contribution >= 4 is 34.0 Å². The third-order valence-corrected chi connectivity index (χ3v) is 5.24. The van der Waals surface area contributed by atoms with Crippen molar-refractivity contribution in [3.8, 4) is 0 Å². The Balaban J connectivity index is 1.94. The number of anilines is 1. The zero-order chi connectivity index (χ0) is 15.0. The molecular formula is C15H15ClN2O2S. The number of esters is 1. The van der Waals surface area contributed by atoms with Gasteiger partial charge in [0.25, 0.3) is 0 Å². The summed E-state index contributed by atoms with van der Waals surface area (Å²) in [6.07, 6.45) is 0.964. The van der Waals surface area contributed by atoms with Crippen LogP contribution in [0, 0.1) is 0 Å². The van der Waals surface area contributed by atoms with Crippen LogP contribution >= 0.6 is 22.9 Å². The number of fused-ring (bicyclic) bond motifs is 1. The van der Waals surface area contributed by atoms with Crippen molar-refractivity contribution in [3.05, 3.63) is 45.4 Å². The second-order valence-corrected chi connectivity index (χ2v) is 6.26. The fourth-order valence-corrected chi connectivity index (χ4v) is 3.97. The molecule has 1 aromatic heterocycles. The molecule has 0 spiro atoms. The van der Waals surface area contributed by atoms with E-state index in [1.807, 2.05) is 6.07 Å². The summed E-state index contributed by atoms with van der Waals surface area (Å²) in [6.45, 7) is 3.01. The largest absolute Gasteiger partial charge is 0.465 e. The van der Waals surface area contributed by atoms with Gasteiger partial charge in [0.1, 0.15) is 0 Å². The number of rotatable bonds is 2. The first-order valence-corrected chi connectivity index (χ1v) is 7.90. The second kappa shape index (κ2) is 5.66. The molecule has 0 aliphatic carbocycles. The van der Waals surface area contributed by atoms with Gasteiger partial charge in [-0.15, -0.1) is 0 Å². The average Bonchev–Trinajstić information content (AvgIpc) is 2.89. The van der Waals surface area contributed by atoms with Crippen molar-refractivity contribution in [2.75, 3.05) is 18.6 Å². The van der Waals surface area contributed by atoms with Crippen molar-refractivity contribution in [1.82, 2.24) is 4.98 Å². The van der Waals surface area contributed by atoms with Crippen molar-refractivity contribution in [2.45, 2.75) is 19.4 Å². The van der Waals surface area contributed by atoms with E-state index < -0.39 is 5.97 Å². The highest BCUT2D eigenvalue weighted by atomic mass is 35.5. The second-order valence-electron chi connectivity index (χ2n) is 4.93. The molecule has 21 heavy (non-hydrogen) atoms. The molecule has 2 aromatic rings. The van der Waals surface area contributed by atoms with E-state index in [1.54, 1.807) is 0 Å². The highest BCUT2D eigenvalue weighted by Gasteiger charge is 2.28. The number of methoxy groups -OCH3 is 1. The number of aromatic nitrogens is 1. The van der Waals surface area contributed by atoms with Crippen LogP contribution in [-0.4, -0.2) is 24.6 Å². The van der Waals surface area contributed by atoms with Gasteiger partial charge in [0, 0.05) is 6.54 Å². The molecule has 1 atom stereocenters. The van der Waals surface area contributed by atoms with E-state index in [9.17, 15) is 4.79 Å². The zero-order valence-electron chi connectivity index (χ0n) is 11.8. The van der Waals surface area contributed by atoms with Gasteiger partial charge in [-0.05, 0) is 24.5 Å². The number of benzene rings is 1. The van der Waals surface area contributed by atoms with E-state index in [-0.39, 0.29) is 11.2 Å². The van der Waals surface area contributed by atoms with Gasteiger partial charge in [-0.1, -0.05) is 47.2 Å². The van der Waals surface area contributed by atoms with Crippen molar-refractivity contribution in [1.29, 1.82) is 0 Å². The molecule has 0 N–H and O–H groups in total. The molecule has 0 saturated heterocycles. The quantitative estimate of drug-likeness (QED) is 0.791. The summed E-state index contributed by atoms with van der Waals surface area (Å²) in [5.41, 5.74) is 2.67. The molecule has 2 heterocycles. The van der Waals surface area contributed by atoms with Crippen LogP contribution in [0.1, 0.15) is 33.8 Å². The Hall–Kier alpha value is -1.59. The van der Waals surface area contributed by atoms with Crippen LogP contribution in [-0.2, 0) is 11.2 Å². The van der Waals surface area contributed by atoms with E-state index in [0.717, 1.165) is 18.1 Å². The maximum atomic E-state index is 11.7. The third-order valence-electron chi connectivity index (χ3n) is 3.79. The molecule has 3 rings (SSSR count). The number of ether oxygens (including phenoxy) is 1. The van der Waals surface area contributed by atoms with E-state index in [2.05, 4.69) is 35.0 Å². The Bertz CT molecular complexity index is 686. The molecule has 0 amide bonds. The minimum absolute atomic E-state index is 0.211. The molecular weight excluding hydrogens is 308 g/mol. The predicted octanol–water partition coefficient (Wildman–Crippen LogP) is 3.71. The molecule has 0 radical (unpaired) electrons. The highest BCUT2D eigenvalue weighted by molar-refractivity contribution is 7.18. The SMILES string of the molecule is COC(=O)c1sc(N2CCc3ccccc3C2C)nc1Cl. The van der Waals surface area contributed by atoms with Gasteiger partial charge in [0.2, 0.25) is 0 Å². The Morgan fingerprint density at radius 3 is 3.00 bits per heavy atom. The fraction of sp³-hybridized carbons (Fsp3) is 0.333. The molecule has 1 aliphatic rings. The maximum Gasteiger partial charge on any atom is 0.351 e. The number of carbonyl (C=O) groups is 1. The fourth-order valence-electron chi connectivity index (χ4n) is 2.67. The zero-order valence-corrected chi connectivity index (χ0v) is 13.4. The van der Waals surface area contributed by atoms with Crippen LogP contribution in [0.15, 0.2) is 24.3 Å². The molecule has 0 bridgehead atoms. The molecule has 0 fully saturated rings. The van der Waals surface area contributed by atoms with E-state index in [1.165, 1.54) is 29.6 Å². The Labute approximate surface area is 132 Å². The number of hydrogen-bond donors (Lipinski definition) is 0. The molecule has 6 heteroatoms. The van der Waals surface area contributed by atoms with Crippen LogP contribution in [0.4, 0.5) is 5.13 Å². The predicted molar refractivity (Wildman–Crippen MR) is 84.4 cm³/mol. The topological polar surface area (TPSA) is 42.4 Å². The third kappa shape index (κ3) is 2.51. The Kier molecular flexibility index (Phi) is 3.87. The lowest BCUT2D eigenvalue weighted by Gasteiger charge is -2.35. The lowest BCUT2D eigenvalue weighted by molar-refractivity contribution is 0.0606.